The molecule has 0 aromatic rings. The summed E-state index contributed by atoms with van der Waals surface area (Å²) in [5, 5.41) is 11.5. The van der Waals surface area contributed by atoms with E-state index in [1.165, 1.54) is 5.57 Å². The highest BCUT2D eigenvalue weighted by Crippen LogP contribution is 2.68. The maximum absolute atomic E-state index is 13.1. The number of carbonyl (C=O) groups excluding carboxylic acids is 3. The fourth-order valence-electron chi connectivity index (χ4n) is 7.73. The fourth-order valence-corrected chi connectivity index (χ4v) is 7.95. The highest BCUT2D eigenvalue weighted by atomic mass is 35.5. The standard InChI is InChI=1S/C24H33ClO5/c1-4-20(29)30-24(19(28)13-25)10-8-17-16-6-5-14-11-15(26)7-9-22(14,2)21(16)18(27)12-23(17,24)3/h11,16-18,21,27H,4-10,12-13H2,1-3H3/t16-,17-,18?,21+,22-,23-,24-/m0/s1. The third kappa shape index (κ3) is 2.87. The Balaban J connectivity index is 1.75. The number of fused-ring (bicyclic) bond motifs is 5. The van der Waals surface area contributed by atoms with Crippen molar-refractivity contribution in [3.05, 3.63) is 11.6 Å². The average molecular weight is 437 g/mol. The molecule has 6 heteroatoms. The van der Waals surface area contributed by atoms with E-state index in [1.54, 1.807) is 6.92 Å². The Morgan fingerprint density at radius 1 is 1.23 bits per heavy atom. The lowest BCUT2D eigenvalue weighted by atomic mass is 9.45. The summed E-state index contributed by atoms with van der Waals surface area (Å²) in [4.78, 5) is 37.5. The molecular formula is C24H33ClO5. The molecule has 0 bridgehead atoms. The van der Waals surface area contributed by atoms with E-state index in [9.17, 15) is 19.5 Å². The van der Waals surface area contributed by atoms with Crippen LogP contribution in [0.5, 0.6) is 0 Å². The van der Waals surface area contributed by atoms with Gasteiger partial charge in [0.1, 0.15) is 0 Å². The topological polar surface area (TPSA) is 80.7 Å². The second-order valence-electron chi connectivity index (χ2n) is 10.3. The van der Waals surface area contributed by atoms with Crippen molar-refractivity contribution in [2.45, 2.75) is 83.8 Å². The zero-order valence-electron chi connectivity index (χ0n) is 18.2. The number of ketones is 2. The smallest absolute Gasteiger partial charge is 0.306 e. The van der Waals surface area contributed by atoms with Crippen molar-refractivity contribution in [2.75, 3.05) is 5.88 Å². The second kappa shape index (κ2) is 7.44. The summed E-state index contributed by atoms with van der Waals surface area (Å²) in [6.07, 6.45) is 6.13. The summed E-state index contributed by atoms with van der Waals surface area (Å²) in [6.45, 7) is 5.95. The van der Waals surface area contributed by atoms with Gasteiger partial charge >= 0.3 is 5.97 Å². The van der Waals surface area contributed by atoms with Crippen molar-refractivity contribution in [3.8, 4) is 0 Å². The maximum atomic E-state index is 13.1. The Kier molecular flexibility index (Phi) is 5.46. The van der Waals surface area contributed by atoms with Crippen LogP contribution in [0.4, 0.5) is 0 Å². The summed E-state index contributed by atoms with van der Waals surface area (Å²) in [5.41, 5.74) is -0.884. The monoisotopic (exact) mass is 436 g/mol. The third-order valence-corrected chi connectivity index (χ3v) is 9.41. The summed E-state index contributed by atoms with van der Waals surface area (Å²) < 4.78 is 5.91. The van der Waals surface area contributed by atoms with E-state index in [1.807, 2.05) is 13.0 Å². The van der Waals surface area contributed by atoms with Crippen molar-refractivity contribution in [2.24, 2.45) is 28.6 Å². The van der Waals surface area contributed by atoms with Gasteiger partial charge < -0.3 is 9.84 Å². The molecular weight excluding hydrogens is 404 g/mol. The Labute approximate surface area is 183 Å². The van der Waals surface area contributed by atoms with E-state index < -0.39 is 23.1 Å². The molecule has 0 saturated heterocycles. The van der Waals surface area contributed by atoms with E-state index in [4.69, 9.17) is 16.3 Å². The number of carbonyl (C=O) groups is 3. The lowest BCUT2D eigenvalue weighted by Gasteiger charge is -2.60. The van der Waals surface area contributed by atoms with Gasteiger partial charge in [-0.2, -0.15) is 0 Å². The lowest BCUT2D eigenvalue weighted by molar-refractivity contribution is -0.199. The number of alkyl halides is 1. The molecule has 0 spiro atoms. The number of hydrogen-bond acceptors (Lipinski definition) is 5. The molecule has 0 heterocycles. The number of Topliss-reactive ketones (excluding diaryl/α,β-unsaturated/α-hetero) is 1. The second-order valence-corrected chi connectivity index (χ2v) is 10.6. The first kappa shape index (κ1) is 22.0. The third-order valence-electron chi connectivity index (χ3n) is 9.16. The molecule has 166 valence electrons. The van der Waals surface area contributed by atoms with E-state index in [0.717, 1.165) is 25.7 Å². The molecule has 0 amide bonds. The molecule has 3 saturated carbocycles. The van der Waals surface area contributed by atoms with Gasteiger partial charge in [0, 0.05) is 18.3 Å². The van der Waals surface area contributed by atoms with Crippen LogP contribution in [0, 0.1) is 28.6 Å². The summed E-state index contributed by atoms with van der Waals surface area (Å²) in [6, 6.07) is 0. The SMILES string of the molecule is CCC(=O)O[C@]1(C(=O)CCl)CC[C@H]2[C@@H]3CCC4=CC(=O)CC[C@]4(C)[C@H]3C(O)C[C@@]21C. The molecule has 4 rings (SSSR count). The van der Waals surface area contributed by atoms with Crippen LogP contribution in [0.1, 0.15) is 72.1 Å². The molecule has 0 aliphatic heterocycles. The number of ether oxygens (including phenoxy) is 1. The molecule has 30 heavy (non-hydrogen) atoms. The van der Waals surface area contributed by atoms with Gasteiger partial charge in [0.15, 0.2) is 17.2 Å². The molecule has 7 atom stereocenters. The van der Waals surface area contributed by atoms with Crippen molar-refractivity contribution in [1.82, 2.24) is 0 Å². The maximum Gasteiger partial charge on any atom is 0.306 e. The van der Waals surface area contributed by atoms with Crippen LogP contribution in [0.3, 0.4) is 0 Å². The van der Waals surface area contributed by atoms with Gasteiger partial charge in [-0.05, 0) is 67.8 Å². The van der Waals surface area contributed by atoms with Crippen LogP contribution in [0.2, 0.25) is 0 Å². The first-order valence-corrected chi connectivity index (χ1v) is 11.9. The molecule has 1 unspecified atom stereocenters. The largest absolute Gasteiger partial charge is 0.450 e. The van der Waals surface area contributed by atoms with Gasteiger partial charge in [-0.1, -0.05) is 26.3 Å². The number of halogens is 1. The van der Waals surface area contributed by atoms with Crippen molar-refractivity contribution < 1.29 is 24.2 Å². The predicted molar refractivity (Wildman–Crippen MR) is 113 cm³/mol. The normalized spacial score (nSPS) is 45.1. The first-order chi connectivity index (χ1) is 14.1. The number of hydrogen-bond donors (Lipinski definition) is 1. The van der Waals surface area contributed by atoms with E-state index in [-0.39, 0.29) is 47.0 Å². The molecule has 0 radical (unpaired) electrons. The van der Waals surface area contributed by atoms with E-state index in [0.29, 0.717) is 19.3 Å². The van der Waals surface area contributed by atoms with Crippen molar-refractivity contribution in [3.63, 3.8) is 0 Å². The molecule has 4 aliphatic rings. The minimum atomic E-state index is -1.25. The van der Waals surface area contributed by atoms with Gasteiger partial charge in [0.25, 0.3) is 0 Å². The summed E-state index contributed by atoms with van der Waals surface area (Å²) in [7, 11) is 0. The van der Waals surface area contributed by atoms with Crippen LogP contribution in [-0.2, 0) is 19.1 Å². The lowest BCUT2D eigenvalue weighted by Crippen LogP contribution is -2.63. The molecule has 1 N–H and O–H groups in total. The van der Waals surface area contributed by atoms with Crippen LogP contribution in [0.25, 0.3) is 0 Å². The van der Waals surface area contributed by atoms with Crippen LogP contribution in [-0.4, -0.2) is 40.2 Å². The van der Waals surface area contributed by atoms with Gasteiger partial charge in [0.05, 0.1) is 12.0 Å². The molecule has 0 aromatic heterocycles. The zero-order valence-corrected chi connectivity index (χ0v) is 19.0. The number of aliphatic hydroxyl groups excluding tert-OH is 1. The number of aliphatic hydroxyl groups is 1. The first-order valence-electron chi connectivity index (χ1n) is 11.4. The van der Waals surface area contributed by atoms with Gasteiger partial charge in [-0.25, -0.2) is 0 Å². The molecule has 3 fully saturated rings. The number of rotatable bonds is 4. The summed E-state index contributed by atoms with van der Waals surface area (Å²) >= 11 is 6.00. The number of allylic oxidation sites excluding steroid dienone is 1. The Morgan fingerprint density at radius 2 is 1.97 bits per heavy atom. The Bertz CT molecular complexity index is 805. The minimum Gasteiger partial charge on any atom is -0.450 e. The van der Waals surface area contributed by atoms with Crippen molar-refractivity contribution in [1.29, 1.82) is 0 Å². The van der Waals surface area contributed by atoms with Crippen LogP contribution < -0.4 is 0 Å². The van der Waals surface area contributed by atoms with Crippen LogP contribution >= 0.6 is 11.6 Å². The fraction of sp³-hybridized carbons (Fsp3) is 0.792. The van der Waals surface area contributed by atoms with Gasteiger partial charge in [0.2, 0.25) is 0 Å². The summed E-state index contributed by atoms with van der Waals surface area (Å²) in [5.74, 6) is -0.164. The molecule has 0 aromatic carbocycles. The molecule has 5 nitrogen and oxygen atoms in total. The highest BCUT2D eigenvalue weighted by Gasteiger charge is 2.70. The van der Waals surface area contributed by atoms with Gasteiger partial charge in [-0.3, -0.25) is 14.4 Å². The quantitative estimate of drug-likeness (QED) is 0.532. The molecule has 4 aliphatic carbocycles. The Morgan fingerprint density at radius 3 is 2.63 bits per heavy atom. The Hall–Kier alpha value is -1.20. The predicted octanol–water partition coefficient (Wildman–Crippen LogP) is 3.99. The minimum absolute atomic E-state index is 0.0625. The highest BCUT2D eigenvalue weighted by molar-refractivity contribution is 6.29. The van der Waals surface area contributed by atoms with Crippen LogP contribution in [0.15, 0.2) is 11.6 Å². The average Bonchev–Trinajstić information content (AvgIpc) is 3.00. The number of esters is 1. The van der Waals surface area contributed by atoms with E-state index >= 15 is 0 Å². The zero-order chi connectivity index (χ0) is 21.9. The van der Waals surface area contributed by atoms with E-state index in [2.05, 4.69) is 6.92 Å². The van der Waals surface area contributed by atoms with Crippen molar-refractivity contribution >= 4 is 29.1 Å². The van der Waals surface area contributed by atoms with Gasteiger partial charge in [-0.15, -0.1) is 11.6 Å².